The molecule has 7 heteroatoms. The maximum atomic E-state index is 5.18. The van der Waals surface area contributed by atoms with Crippen LogP contribution in [0.5, 0.6) is 0 Å². The molecule has 0 unspecified atom stereocenters. The maximum absolute atomic E-state index is 5.18. The normalized spacial score (nSPS) is 10.6. The molecule has 0 bridgehead atoms. The highest BCUT2D eigenvalue weighted by atomic mass is 79.9. The van der Waals surface area contributed by atoms with Crippen molar-refractivity contribution in [2.24, 2.45) is 0 Å². The van der Waals surface area contributed by atoms with Crippen LogP contribution in [0, 0.1) is 0 Å². The van der Waals surface area contributed by atoms with Gasteiger partial charge in [0.05, 0.1) is 16.8 Å². The van der Waals surface area contributed by atoms with Crippen molar-refractivity contribution < 1.29 is 4.74 Å². The molecule has 0 aromatic carbocycles. The van der Waals surface area contributed by atoms with E-state index in [2.05, 4.69) is 48.1 Å². The number of hydrogen-bond acceptors (Lipinski definition) is 6. The van der Waals surface area contributed by atoms with Gasteiger partial charge < -0.3 is 10.1 Å². The summed E-state index contributed by atoms with van der Waals surface area (Å²) in [6.07, 6.45) is 4.16. The van der Waals surface area contributed by atoms with Gasteiger partial charge >= 0.3 is 0 Å². The van der Waals surface area contributed by atoms with Crippen LogP contribution in [0.2, 0.25) is 0 Å². The smallest absolute Gasteiger partial charge is 0.180 e. The average Bonchev–Trinajstić information content (AvgIpc) is 2.49. The van der Waals surface area contributed by atoms with E-state index in [1.165, 1.54) is 6.33 Å². The Morgan fingerprint density at radius 3 is 2.85 bits per heavy atom. The van der Waals surface area contributed by atoms with Crippen LogP contribution in [0.25, 0.3) is 11.5 Å². The van der Waals surface area contributed by atoms with Crippen LogP contribution in [0.3, 0.4) is 0 Å². The van der Waals surface area contributed by atoms with Crippen molar-refractivity contribution in [3.63, 3.8) is 0 Å². The van der Waals surface area contributed by atoms with Crippen LogP contribution in [-0.4, -0.2) is 33.6 Å². The zero-order valence-electron chi connectivity index (χ0n) is 11.4. The minimum absolute atomic E-state index is 0.405. The Kier molecular flexibility index (Phi) is 5.37. The molecule has 2 aromatic heterocycles. The summed E-state index contributed by atoms with van der Waals surface area (Å²) >= 11 is 3.52. The number of nitrogens with one attached hydrogen (secondary N) is 1. The zero-order valence-corrected chi connectivity index (χ0v) is 13.0. The summed E-state index contributed by atoms with van der Waals surface area (Å²) in [6, 6.07) is 1.78. The van der Waals surface area contributed by atoms with E-state index >= 15 is 0 Å². The predicted molar refractivity (Wildman–Crippen MR) is 80.3 cm³/mol. The molecule has 0 saturated heterocycles. The molecule has 1 N–H and O–H groups in total. The van der Waals surface area contributed by atoms with Crippen molar-refractivity contribution in [2.45, 2.75) is 20.0 Å². The zero-order chi connectivity index (χ0) is 14.4. The number of halogens is 1. The average molecular weight is 338 g/mol. The number of nitrogens with zero attached hydrogens (tertiary/aromatic N) is 4. The van der Waals surface area contributed by atoms with Crippen molar-refractivity contribution in [2.75, 3.05) is 19.0 Å². The van der Waals surface area contributed by atoms with E-state index in [1.807, 2.05) is 0 Å². The number of methoxy groups -OCH3 is 1. The number of ether oxygens (including phenoxy) is 1. The van der Waals surface area contributed by atoms with Crippen LogP contribution in [0.4, 0.5) is 5.82 Å². The van der Waals surface area contributed by atoms with E-state index < -0.39 is 0 Å². The second kappa shape index (κ2) is 7.25. The van der Waals surface area contributed by atoms with Gasteiger partial charge in [-0.25, -0.2) is 19.9 Å². The summed E-state index contributed by atoms with van der Waals surface area (Å²) in [4.78, 5) is 17.1. The van der Waals surface area contributed by atoms with Crippen LogP contribution < -0.4 is 5.32 Å². The summed E-state index contributed by atoms with van der Waals surface area (Å²) in [5, 5.41) is 3.27. The molecule has 0 fully saturated rings. The molecule has 0 radical (unpaired) electrons. The standard InChI is InChI=1S/C13H16BrN5O/c1-3-5-16-13-11(14)10(7-20-2)18-12(19-13)9-4-6-15-8-17-9/h4,6,8H,3,5,7H2,1-2H3,(H,16,18,19). The maximum Gasteiger partial charge on any atom is 0.180 e. The molecular weight excluding hydrogens is 322 g/mol. The molecule has 2 rings (SSSR count). The SMILES string of the molecule is CCCNc1nc(-c2ccncn2)nc(COC)c1Br. The van der Waals surface area contributed by atoms with E-state index in [1.54, 1.807) is 19.4 Å². The Labute approximate surface area is 126 Å². The van der Waals surface area contributed by atoms with E-state index in [0.29, 0.717) is 18.1 Å². The first-order valence-corrected chi connectivity index (χ1v) is 7.11. The third kappa shape index (κ3) is 3.49. The fraction of sp³-hybridized carbons (Fsp3) is 0.385. The quantitative estimate of drug-likeness (QED) is 0.873. The van der Waals surface area contributed by atoms with Gasteiger partial charge in [0.15, 0.2) is 5.82 Å². The number of hydrogen-bond donors (Lipinski definition) is 1. The second-order valence-corrected chi connectivity index (χ2v) is 4.90. The number of aromatic nitrogens is 4. The Bertz CT molecular complexity index is 564. The summed E-state index contributed by atoms with van der Waals surface area (Å²) in [7, 11) is 1.64. The van der Waals surface area contributed by atoms with E-state index in [-0.39, 0.29) is 0 Å². The largest absolute Gasteiger partial charge is 0.378 e. The summed E-state index contributed by atoms with van der Waals surface area (Å²) < 4.78 is 6.00. The molecule has 0 saturated carbocycles. The van der Waals surface area contributed by atoms with E-state index in [9.17, 15) is 0 Å². The molecule has 0 amide bonds. The summed E-state index contributed by atoms with van der Waals surface area (Å²) in [5.74, 6) is 1.31. The Morgan fingerprint density at radius 1 is 1.35 bits per heavy atom. The van der Waals surface area contributed by atoms with Crippen LogP contribution in [-0.2, 0) is 11.3 Å². The molecule has 106 valence electrons. The van der Waals surface area contributed by atoms with Crippen molar-refractivity contribution in [1.82, 2.24) is 19.9 Å². The van der Waals surface area contributed by atoms with Crippen LogP contribution in [0.15, 0.2) is 23.1 Å². The Morgan fingerprint density at radius 2 is 2.20 bits per heavy atom. The van der Waals surface area contributed by atoms with Gasteiger partial charge in [-0.05, 0) is 28.4 Å². The molecule has 20 heavy (non-hydrogen) atoms. The molecule has 6 nitrogen and oxygen atoms in total. The highest BCUT2D eigenvalue weighted by molar-refractivity contribution is 9.10. The summed E-state index contributed by atoms with van der Waals surface area (Å²) in [6.45, 7) is 3.34. The van der Waals surface area contributed by atoms with Gasteiger partial charge in [0, 0.05) is 19.9 Å². The fourth-order valence-electron chi connectivity index (χ4n) is 1.62. The molecule has 2 aromatic rings. The van der Waals surface area contributed by atoms with Crippen LogP contribution >= 0.6 is 15.9 Å². The Balaban J connectivity index is 2.44. The van der Waals surface area contributed by atoms with Crippen molar-refractivity contribution in [3.05, 3.63) is 28.8 Å². The monoisotopic (exact) mass is 337 g/mol. The highest BCUT2D eigenvalue weighted by Gasteiger charge is 2.13. The number of rotatable bonds is 6. The predicted octanol–water partition coefficient (Wildman–Crippen LogP) is 2.66. The van der Waals surface area contributed by atoms with Gasteiger partial charge in [0.25, 0.3) is 0 Å². The molecular formula is C13H16BrN5O. The summed E-state index contributed by atoms with van der Waals surface area (Å²) in [5.41, 5.74) is 1.47. The van der Waals surface area contributed by atoms with Gasteiger partial charge in [-0.2, -0.15) is 0 Å². The lowest BCUT2D eigenvalue weighted by Gasteiger charge is -2.12. The lowest BCUT2D eigenvalue weighted by atomic mass is 10.3. The first-order chi connectivity index (χ1) is 9.76. The fourth-order valence-corrected chi connectivity index (χ4v) is 2.06. The van der Waals surface area contributed by atoms with Crippen molar-refractivity contribution in [3.8, 4) is 11.5 Å². The first-order valence-electron chi connectivity index (χ1n) is 6.31. The molecule has 0 aliphatic rings. The molecule has 0 spiro atoms. The minimum Gasteiger partial charge on any atom is -0.378 e. The van der Waals surface area contributed by atoms with E-state index in [4.69, 9.17) is 4.74 Å². The van der Waals surface area contributed by atoms with Gasteiger partial charge in [-0.15, -0.1) is 0 Å². The van der Waals surface area contributed by atoms with Gasteiger partial charge in [-0.3, -0.25) is 0 Å². The highest BCUT2D eigenvalue weighted by Crippen LogP contribution is 2.27. The third-order valence-corrected chi connectivity index (χ3v) is 3.39. The van der Waals surface area contributed by atoms with Gasteiger partial charge in [0.2, 0.25) is 0 Å². The Hall–Kier alpha value is -1.60. The number of anilines is 1. The van der Waals surface area contributed by atoms with Gasteiger partial charge in [0.1, 0.15) is 17.8 Å². The molecule has 0 aliphatic carbocycles. The first kappa shape index (κ1) is 14.8. The molecule has 0 atom stereocenters. The third-order valence-electron chi connectivity index (χ3n) is 2.55. The second-order valence-electron chi connectivity index (χ2n) is 4.11. The van der Waals surface area contributed by atoms with Gasteiger partial charge in [-0.1, -0.05) is 6.92 Å². The molecule has 2 heterocycles. The van der Waals surface area contributed by atoms with Crippen molar-refractivity contribution in [1.29, 1.82) is 0 Å². The van der Waals surface area contributed by atoms with E-state index in [0.717, 1.165) is 29.0 Å². The van der Waals surface area contributed by atoms with Crippen LogP contribution in [0.1, 0.15) is 19.0 Å². The topological polar surface area (TPSA) is 72.8 Å². The lowest BCUT2D eigenvalue weighted by Crippen LogP contribution is -2.08. The van der Waals surface area contributed by atoms with Crippen molar-refractivity contribution >= 4 is 21.7 Å². The minimum atomic E-state index is 0.405. The molecule has 0 aliphatic heterocycles. The lowest BCUT2D eigenvalue weighted by molar-refractivity contribution is 0.181.